The van der Waals surface area contributed by atoms with Crippen molar-refractivity contribution in [2.45, 2.75) is 0 Å². The van der Waals surface area contributed by atoms with E-state index >= 15 is 0 Å². The van der Waals surface area contributed by atoms with Gasteiger partial charge < -0.3 is 15.2 Å². The number of methoxy groups -OCH3 is 1. The fourth-order valence-corrected chi connectivity index (χ4v) is 2.11. The van der Waals surface area contributed by atoms with Crippen molar-refractivity contribution in [3.8, 4) is 5.75 Å². The first kappa shape index (κ1) is 14.1. The number of amidine groups is 1. The van der Waals surface area contributed by atoms with Crippen LogP contribution in [0, 0.1) is 0 Å². The molecule has 0 aliphatic carbocycles. The summed E-state index contributed by atoms with van der Waals surface area (Å²) in [6.45, 7) is 0. The van der Waals surface area contributed by atoms with Gasteiger partial charge in [-0.2, -0.15) is 5.10 Å². The van der Waals surface area contributed by atoms with Crippen LogP contribution in [-0.4, -0.2) is 41.2 Å². The van der Waals surface area contributed by atoms with Crippen LogP contribution in [0.4, 0.5) is 0 Å². The minimum atomic E-state index is -1.08. The summed E-state index contributed by atoms with van der Waals surface area (Å²) >= 11 is 1.24. The topological polar surface area (TPSA) is 100 Å². The first-order chi connectivity index (χ1) is 9.60. The van der Waals surface area contributed by atoms with Gasteiger partial charge in [-0.1, -0.05) is 11.8 Å². The van der Waals surface area contributed by atoms with Gasteiger partial charge in [0, 0.05) is 5.56 Å². The molecule has 2 rings (SSSR count). The van der Waals surface area contributed by atoms with Gasteiger partial charge in [-0.3, -0.25) is 4.79 Å². The Morgan fingerprint density at radius 3 is 2.95 bits per heavy atom. The molecule has 0 bridgehead atoms. The summed E-state index contributed by atoms with van der Waals surface area (Å²) in [6.07, 6.45) is 1.32. The fraction of sp³-hybridized carbons (Fsp3) is 0.167. The van der Waals surface area contributed by atoms with Gasteiger partial charge in [-0.25, -0.2) is 4.79 Å². The third-order valence-corrected chi connectivity index (χ3v) is 3.29. The van der Waals surface area contributed by atoms with E-state index in [-0.39, 0.29) is 11.5 Å². The van der Waals surface area contributed by atoms with Gasteiger partial charge in [0.05, 0.1) is 24.6 Å². The van der Waals surface area contributed by atoms with E-state index < -0.39 is 5.97 Å². The van der Waals surface area contributed by atoms with Crippen molar-refractivity contribution in [2.24, 2.45) is 10.2 Å². The number of amides is 1. The fourth-order valence-electron chi connectivity index (χ4n) is 1.48. The third kappa shape index (κ3) is 3.35. The van der Waals surface area contributed by atoms with Crippen molar-refractivity contribution in [3.63, 3.8) is 0 Å². The van der Waals surface area contributed by atoms with Gasteiger partial charge in [-0.05, 0) is 18.2 Å². The second-order valence-corrected chi connectivity index (χ2v) is 4.71. The SMILES string of the molecule is COc1ccc(C=NN=C2NC(=O)CS2)c(C(=O)O)c1. The summed E-state index contributed by atoms with van der Waals surface area (Å²) in [5.41, 5.74) is 0.466. The smallest absolute Gasteiger partial charge is 0.336 e. The van der Waals surface area contributed by atoms with Crippen molar-refractivity contribution in [1.82, 2.24) is 5.32 Å². The van der Waals surface area contributed by atoms with Gasteiger partial charge in [0.2, 0.25) is 5.91 Å². The Balaban J connectivity index is 2.20. The highest BCUT2D eigenvalue weighted by atomic mass is 32.2. The van der Waals surface area contributed by atoms with E-state index in [0.29, 0.717) is 22.2 Å². The van der Waals surface area contributed by atoms with E-state index in [1.807, 2.05) is 0 Å². The lowest BCUT2D eigenvalue weighted by Gasteiger charge is -2.03. The van der Waals surface area contributed by atoms with Gasteiger partial charge in [0.25, 0.3) is 0 Å². The first-order valence-electron chi connectivity index (χ1n) is 5.55. The number of nitrogens with zero attached hydrogens (tertiary/aromatic N) is 2. The predicted octanol–water partition coefficient (Wildman–Crippen LogP) is 0.946. The van der Waals surface area contributed by atoms with Crippen molar-refractivity contribution in [2.75, 3.05) is 12.9 Å². The number of aromatic carboxylic acids is 1. The van der Waals surface area contributed by atoms with Crippen LogP contribution < -0.4 is 10.1 Å². The molecule has 0 radical (unpaired) electrons. The van der Waals surface area contributed by atoms with Crippen LogP contribution in [0.15, 0.2) is 28.4 Å². The van der Waals surface area contributed by atoms with E-state index in [9.17, 15) is 9.59 Å². The largest absolute Gasteiger partial charge is 0.497 e. The molecular weight excluding hydrogens is 282 g/mol. The van der Waals surface area contributed by atoms with Crippen LogP contribution in [-0.2, 0) is 4.79 Å². The van der Waals surface area contributed by atoms with Gasteiger partial charge >= 0.3 is 5.97 Å². The zero-order valence-corrected chi connectivity index (χ0v) is 11.3. The average Bonchev–Trinajstić information content (AvgIpc) is 2.84. The molecule has 1 aromatic rings. The number of hydrogen-bond acceptors (Lipinski definition) is 6. The molecule has 104 valence electrons. The van der Waals surface area contributed by atoms with E-state index in [4.69, 9.17) is 9.84 Å². The monoisotopic (exact) mass is 293 g/mol. The molecular formula is C12H11N3O4S. The number of benzene rings is 1. The quantitative estimate of drug-likeness (QED) is 0.636. The molecule has 1 saturated heterocycles. The highest BCUT2D eigenvalue weighted by Crippen LogP contribution is 2.17. The van der Waals surface area contributed by atoms with Gasteiger partial charge in [-0.15, -0.1) is 5.10 Å². The molecule has 1 fully saturated rings. The maximum absolute atomic E-state index is 11.1. The van der Waals surface area contributed by atoms with Crippen LogP contribution in [0.3, 0.4) is 0 Å². The van der Waals surface area contributed by atoms with E-state index in [0.717, 1.165) is 0 Å². The molecule has 2 N–H and O–H groups in total. The minimum Gasteiger partial charge on any atom is -0.497 e. The second kappa shape index (κ2) is 6.20. The molecule has 1 aliphatic rings. The van der Waals surface area contributed by atoms with Crippen LogP contribution in [0.1, 0.15) is 15.9 Å². The number of carboxylic acids is 1. The highest BCUT2D eigenvalue weighted by molar-refractivity contribution is 8.15. The number of thioether (sulfide) groups is 1. The molecule has 0 spiro atoms. The van der Waals surface area contributed by atoms with Crippen molar-refractivity contribution < 1.29 is 19.4 Å². The minimum absolute atomic E-state index is 0.0661. The van der Waals surface area contributed by atoms with E-state index in [2.05, 4.69) is 15.5 Å². The maximum Gasteiger partial charge on any atom is 0.336 e. The Bertz CT molecular complexity index is 613. The van der Waals surface area contributed by atoms with Crippen molar-refractivity contribution in [3.05, 3.63) is 29.3 Å². The molecule has 0 saturated carbocycles. The molecule has 7 nitrogen and oxygen atoms in total. The predicted molar refractivity (Wildman–Crippen MR) is 75.6 cm³/mol. The van der Waals surface area contributed by atoms with E-state index in [1.54, 1.807) is 12.1 Å². The van der Waals surface area contributed by atoms with Crippen LogP contribution in [0.2, 0.25) is 0 Å². The molecule has 0 unspecified atom stereocenters. The van der Waals surface area contributed by atoms with Crippen molar-refractivity contribution in [1.29, 1.82) is 0 Å². The Morgan fingerprint density at radius 1 is 1.55 bits per heavy atom. The second-order valence-electron chi connectivity index (χ2n) is 3.74. The standard InChI is InChI=1S/C12H11N3O4S/c1-19-8-3-2-7(9(4-8)11(17)18)5-13-15-12-14-10(16)6-20-12/h2-5H,6H2,1H3,(H,17,18)(H,14,15,16). The number of nitrogens with one attached hydrogen (secondary N) is 1. The van der Waals surface area contributed by atoms with Gasteiger partial charge in [0.1, 0.15) is 5.75 Å². The number of carbonyl (C=O) groups excluding carboxylic acids is 1. The Hall–Kier alpha value is -2.35. The van der Waals surface area contributed by atoms with E-state index in [1.165, 1.54) is 31.2 Å². The van der Waals surface area contributed by atoms with Crippen molar-refractivity contribution >= 4 is 35.0 Å². The normalized spacial score (nSPS) is 16.6. The number of rotatable bonds is 4. The molecule has 20 heavy (non-hydrogen) atoms. The lowest BCUT2D eigenvalue weighted by Crippen LogP contribution is -2.19. The van der Waals surface area contributed by atoms with Crippen LogP contribution in [0.25, 0.3) is 0 Å². The number of carbonyl (C=O) groups is 2. The third-order valence-electron chi connectivity index (χ3n) is 2.42. The van der Waals surface area contributed by atoms with Gasteiger partial charge in [0.15, 0.2) is 5.17 Å². The zero-order valence-electron chi connectivity index (χ0n) is 10.5. The Morgan fingerprint density at radius 2 is 2.35 bits per heavy atom. The molecule has 1 heterocycles. The van der Waals surface area contributed by atoms with Crippen LogP contribution in [0.5, 0.6) is 5.75 Å². The molecule has 8 heteroatoms. The number of carboxylic acid groups (broad SMARTS) is 1. The summed E-state index contributed by atoms with van der Waals surface area (Å²) in [7, 11) is 1.46. The first-order valence-corrected chi connectivity index (χ1v) is 6.53. The molecule has 1 amide bonds. The molecule has 1 aromatic carbocycles. The molecule has 1 aliphatic heterocycles. The summed E-state index contributed by atoms with van der Waals surface area (Å²) in [5, 5.41) is 19.6. The number of ether oxygens (including phenoxy) is 1. The lowest BCUT2D eigenvalue weighted by molar-refractivity contribution is -0.116. The maximum atomic E-state index is 11.1. The Kier molecular flexibility index (Phi) is 4.36. The summed E-state index contributed by atoms with van der Waals surface area (Å²) in [5.74, 6) is -0.442. The number of hydrogen-bond donors (Lipinski definition) is 2. The molecule has 0 aromatic heterocycles. The Labute approximate surface area is 118 Å². The summed E-state index contributed by atoms with van der Waals surface area (Å²) < 4.78 is 4.97. The average molecular weight is 293 g/mol. The molecule has 0 atom stereocenters. The highest BCUT2D eigenvalue weighted by Gasteiger charge is 2.16. The van der Waals surface area contributed by atoms with Crippen LogP contribution >= 0.6 is 11.8 Å². The lowest BCUT2D eigenvalue weighted by atomic mass is 10.1. The summed E-state index contributed by atoms with van der Waals surface area (Å²) in [4.78, 5) is 22.1. The zero-order chi connectivity index (χ0) is 14.5. The summed E-state index contributed by atoms with van der Waals surface area (Å²) in [6, 6.07) is 4.61.